The quantitative estimate of drug-likeness (QED) is 0.820. The standard InChI is InChI=1S/C15H19BrN2O/c1-11(2)9-17-7-6-15-18-10-14(19-15)12-4-3-5-13(16)8-12/h3-5,8,10-11,17H,6-7,9H2,1-2H3. The first-order chi connectivity index (χ1) is 9.15. The van der Waals surface area contributed by atoms with Gasteiger partial charge in [-0.25, -0.2) is 4.98 Å². The number of nitrogens with zero attached hydrogens (tertiary/aromatic N) is 1. The van der Waals surface area contributed by atoms with Crippen LogP contribution in [0.1, 0.15) is 19.7 Å². The Morgan fingerprint density at radius 2 is 2.21 bits per heavy atom. The van der Waals surface area contributed by atoms with Crippen LogP contribution < -0.4 is 5.32 Å². The molecule has 0 saturated carbocycles. The first kappa shape index (κ1) is 14.3. The predicted octanol–water partition coefficient (Wildman–Crippen LogP) is 3.89. The zero-order valence-electron chi connectivity index (χ0n) is 11.3. The lowest BCUT2D eigenvalue weighted by atomic mass is 10.2. The summed E-state index contributed by atoms with van der Waals surface area (Å²) in [6, 6.07) is 8.04. The Morgan fingerprint density at radius 3 is 2.95 bits per heavy atom. The Morgan fingerprint density at radius 1 is 1.37 bits per heavy atom. The third-order valence-electron chi connectivity index (χ3n) is 2.73. The number of rotatable bonds is 6. The van der Waals surface area contributed by atoms with Crippen LogP contribution in [0.4, 0.5) is 0 Å². The molecule has 1 aromatic heterocycles. The molecular weight excluding hydrogens is 304 g/mol. The van der Waals surface area contributed by atoms with Crippen LogP contribution in [0.3, 0.4) is 0 Å². The Kier molecular flexibility index (Phi) is 5.16. The van der Waals surface area contributed by atoms with Gasteiger partial charge in [-0.05, 0) is 24.6 Å². The van der Waals surface area contributed by atoms with Crippen molar-refractivity contribution in [3.63, 3.8) is 0 Å². The predicted molar refractivity (Wildman–Crippen MR) is 81.1 cm³/mol. The van der Waals surface area contributed by atoms with E-state index in [1.54, 1.807) is 6.20 Å². The fraction of sp³-hybridized carbons (Fsp3) is 0.400. The van der Waals surface area contributed by atoms with Crippen molar-refractivity contribution >= 4 is 15.9 Å². The fourth-order valence-corrected chi connectivity index (χ4v) is 2.19. The molecule has 0 spiro atoms. The van der Waals surface area contributed by atoms with Crippen LogP contribution >= 0.6 is 15.9 Å². The Hall–Kier alpha value is -1.13. The molecule has 1 N–H and O–H groups in total. The zero-order valence-corrected chi connectivity index (χ0v) is 12.9. The highest BCUT2D eigenvalue weighted by atomic mass is 79.9. The summed E-state index contributed by atoms with van der Waals surface area (Å²) in [5.41, 5.74) is 1.04. The molecule has 0 aliphatic heterocycles. The van der Waals surface area contributed by atoms with E-state index in [0.29, 0.717) is 5.92 Å². The van der Waals surface area contributed by atoms with Crippen molar-refractivity contribution in [2.75, 3.05) is 13.1 Å². The molecule has 1 aromatic carbocycles. The van der Waals surface area contributed by atoms with E-state index in [4.69, 9.17) is 4.42 Å². The van der Waals surface area contributed by atoms with E-state index in [1.807, 2.05) is 24.3 Å². The summed E-state index contributed by atoms with van der Waals surface area (Å²) < 4.78 is 6.80. The smallest absolute Gasteiger partial charge is 0.196 e. The summed E-state index contributed by atoms with van der Waals surface area (Å²) in [7, 11) is 0. The van der Waals surface area contributed by atoms with Crippen molar-refractivity contribution in [2.24, 2.45) is 5.92 Å². The number of hydrogen-bond acceptors (Lipinski definition) is 3. The number of benzene rings is 1. The van der Waals surface area contributed by atoms with E-state index in [0.717, 1.165) is 41.2 Å². The monoisotopic (exact) mass is 322 g/mol. The highest BCUT2D eigenvalue weighted by Crippen LogP contribution is 2.23. The minimum Gasteiger partial charge on any atom is -0.441 e. The largest absolute Gasteiger partial charge is 0.441 e. The van der Waals surface area contributed by atoms with E-state index < -0.39 is 0 Å². The zero-order chi connectivity index (χ0) is 13.7. The molecule has 0 amide bonds. The van der Waals surface area contributed by atoms with Gasteiger partial charge in [-0.1, -0.05) is 41.9 Å². The van der Waals surface area contributed by atoms with Crippen LogP contribution in [-0.4, -0.2) is 18.1 Å². The van der Waals surface area contributed by atoms with Crippen molar-refractivity contribution in [3.8, 4) is 11.3 Å². The van der Waals surface area contributed by atoms with Gasteiger partial charge in [0.2, 0.25) is 0 Å². The molecule has 0 unspecified atom stereocenters. The van der Waals surface area contributed by atoms with Crippen molar-refractivity contribution in [3.05, 3.63) is 40.8 Å². The molecule has 2 rings (SSSR count). The lowest BCUT2D eigenvalue weighted by Gasteiger charge is -2.05. The molecule has 0 aliphatic rings. The average molecular weight is 323 g/mol. The summed E-state index contributed by atoms with van der Waals surface area (Å²) in [6.45, 7) is 6.32. The van der Waals surface area contributed by atoms with Gasteiger partial charge in [0.1, 0.15) is 0 Å². The van der Waals surface area contributed by atoms with E-state index in [1.165, 1.54) is 0 Å². The average Bonchev–Trinajstić information content (AvgIpc) is 2.83. The molecular formula is C15H19BrN2O. The van der Waals surface area contributed by atoms with Crippen LogP contribution in [0.25, 0.3) is 11.3 Å². The maximum Gasteiger partial charge on any atom is 0.196 e. The maximum atomic E-state index is 5.76. The molecule has 0 aliphatic carbocycles. The van der Waals surface area contributed by atoms with Gasteiger partial charge in [-0.2, -0.15) is 0 Å². The van der Waals surface area contributed by atoms with Crippen LogP contribution in [0, 0.1) is 5.92 Å². The van der Waals surface area contributed by atoms with Crippen molar-refractivity contribution < 1.29 is 4.42 Å². The van der Waals surface area contributed by atoms with E-state index >= 15 is 0 Å². The van der Waals surface area contributed by atoms with Gasteiger partial charge >= 0.3 is 0 Å². The summed E-state index contributed by atoms with van der Waals surface area (Å²) in [5.74, 6) is 2.27. The van der Waals surface area contributed by atoms with Crippen molar-refractivity contribution in [1.82, 2.24) is 10.3 Å². The first-order valence-electron chi connectivity index (χ1n) is 6.56. The summed E-state index contributed by atoms with van der Waals surface area (Å²) in [4.78, 5) is 4.32. The van der Waals surface area contributed by atoms with Gasteiger partial charge in [0.15, 0.2) is 11.7 Å². The molecule has 0 atom stereocenters. The van der Waals surface area contributed by atoms with Crippen LogP contribution in [-0.2, 0) is 6.42 Å². The molecule has 0 fully saturated rings. The van der Waals surface area contributed by atoms with Gasteiger partial charge in [0, 0.05) is 23.0 Å². The Labute approximate surface area is 122 Å². The Balaban J connectivity index is 1.92. The molecule has 1 heterocycles. The SMILES string of the molecule is CC(C)CNCCc1ncc(-c2cccc(Br)c2)o1. The molecule has 0 bridgehead atoms. The molecule has 0 saturated heterocycles. The second-order valence-corrected chi connectivity index (χ2v) is 5.89. The van der Waals surface area contributed by atoms with Crippen molar-refractivity contribution in [1.29, 1.82) is 0 Å². The van der Waals surface area contributed by atoms with Crippen LogP contribution in [0.2, 0.25) is 0 Å². The minimum absolute atomic E-state index is 0.668. The second-order valence-electron chi connectivity index (χ2n) is 4.98. The molecule has 3 nitrogen and oxygen atoms in total. The van der Waals surface area contributed by atoms with Gasteiger partial charge < -0.3 is 9.73 Å². The summed E-state index contributed by atoms with van der Waals surface area (Å²) >= 11 is 3.46. The van der Waals surface area contributed by atoms with E-state index in [9.17, 15) is 0 Å². The number of oxazole rings is 1. The topological polar surface area (TPSA) is 38.1 Å². The minimum atomic E-state index is 0.668. The third kappa shape index (κ3) is 4.48. The van der Waals surface area contributed by atoms with Crippen molar-refractivity contribution in [2.45, 2.75) is 20.3 Å². The highest BCUT2D eigenvalue weighted by Gasteiger charge is 2.06. The molecule has 102 valence electrons. The molecule has 2 aromatic rings. The lowest BCUT2D eigenvalue weighted by Crippen LogP contribution is -2.22. The maximum absolute atomic E-state index is 5.76. The number of nitrogens with one attached hydrogen (secondary N) is 1. The number of halogens is 1. The number of hydrogen-bond donors (Lipinski definition) is 1. The number of aromatic nitrogens is 1. The van der Waals surface area contributed by atoms with E-state index in [-0.39, 0.29) is 0 Å². The van der Waals surface area contributed by atoms with Crippen LogP contribution in [0.5, 0.6) is 0 Å². The molecule has 4 heteroatoms. The lowest BCUT2D eigenvalue weighted by molar-refractivity contribution is 0.483. The van der Waals surface area contributed by atoms with Gasteiger partial charge in [-0.3, -0.25) is 0 Å². The summed E-state index contributed by atoms with van der Waals surface area (Å²) in [5, 5.41) is 3.38. The van der Waals surface area contributed by atoms with Gasteiger partial charge in [0.05, 0.1) is 6.20 Å². The summed E-state index contributed by atoms with van der Waals surface area (Å²) in [6.07, 6.45) is 2.61. The molecule has 0 radical (unpaired) electrons. The molecule has 19 heavy (non-hydrogen) atoms. The Bertz CT molecular complexity index is 522. The van der Waals surface area contributed by atoms with Gasteiger partial charge in [-0.15, -0.1) is 0 Å². The fourth-order valence-electron chi connectivity index (χ4n) is 1.79. The third-order valence-corrected chi connectivity index (χ3v) is 3.22. The van der Waals surface area contributed by atoms with Gasteiger partial charge in [0.25, 0.3) is 0 Å². The first-order valence-corrected chi connectivity index (χ1v) is 7.36. The second kappa shape index (κ2) is 6.87. The van der Waals surface area contributed by atoms with Crippen LogP contribution in [0.15, 0.2) is 39.4 Å². The highest BCUT2D eigenvalue weighted by molar-refractivity contribution is 9.10. The normalized spacial score (nSPS) is 11.2. The van der Waals surface area contributed by atoms with E-state index in [2.05, 4.69) is 40.1 Å².